The lowest BCUT2D eigenvalue weighted by molar-refractivity contribution is -0.140. The first-order valence-corrected chi connectivity index (χ1v) is 11.7. The van der Waals surface area contributed by atoms with Crippen molar-refractivity contribution in [3.8, 4) is 11.5 Å². The van der Waals surface area contributed by atoms with Gasteiger partial charge in [0.1, 0.15) is 23.7 Å². The number of carbonyl (C=O) groups excluding carboxylic acids is 1. The highest BCUT2D eigenvalue weighted by molar-refractivity contribution is 5.75. The van der Waals surface area contributed by atoms with Gasteiger partial charge in [0.15, 0.2) is 0 Å². The number of ether oxygens (including phenoxy) is 5. The third-order valence-electron chi connectivity index (χ3n) is 6.30. The van der Waals surface area contributed by atoms with Crippen molar-refractivity contribution in [2.24, 2.45) is 5.92 Å². The molecule has 3 rings (SSSR count). The highest BCUT2D eigenvalue weighted by Crippen LogP contribution is 2.53. The Bertz CT molecular complexity index is 813. The third kappa shape index (κ3) is 6.12. The molecule has 0 saturated heterocycles. The predicted octanol–water partition coefficient (Wildman–Crippen LogP) is 4.84. The van der Waals surface area contributed by atoms with E-state index in [1.54, 1.807) is 7.11 Å². The Morgan fingerprint density at radius 2 is 1.91 bits per heavy atom. The van der Waals surface area contributed by atoms with Gasteiger partial charge in [-0.15, -0.1) is 0 Å². The van der Waals surface area contributed by atoms with Crippen LogP contribution in [-0.2, 0) is 25.4 Å². The number of rotatable bonds is 11. The summed E-state index contributed by atoms with van der Waals surface area (Å²) in [7, 11) is 1.63. The molecule has 2 aliphatic rings. The number of benzene rings is 1. The molecule has 32 heavy (non-hydrogen) atoms. The average Bonchev–Trinajstić information content (AvgIpc) is 2.72. The fourth-order valence-electron chi connectivity index (χ4n) is 4.75. The van der Waals surface area contributed by atoms with Crippen LogP contribution < -0.4 is 9.47 Å². The second-order valence-corrected chi connectivity index (χ2v) is 9.28. The molecule has 6 heteroatoms. The Balaban J connectivity index is 1.76. The maximum Gasteiger partial charge on any atom is 0.337 e. The van der Waals surface area contributed by atoms with Gasteiger partial charge in [0.2, 0.25) is 0 Å². The van der Waals surface area contributed by atoms with Crippen LogP contribution in [0.25, 0.3) is 0 Å². The van der Waals surface area contributed by atoms with E-state index < -0.39 is 5.97 Å². The van der Waals surface area contributed by atoms with E-state index in [-0.39, 0.29) is 18.1 Å². The van der Waals surface area contributed by atoms with Gasteiger partial charge in [0.25, 0.3) is 0 Å². The van der Waals surface area contributed by atoms with Crippen LogP contribution in [0.5, 0.6) is 11.5 Å². The molecule has 6 nitrogen and oxygen atoms in total. The first kappa shape index (κ1) is 24.7. The molecule has 2 atom stereocenters. The highest BCUT2D eigenvalue weighted by atomic mass is 16.6. The summed E-state index contributed by atoms with van der Waals surface area (Å²) in [6.07, 6.45) is 6.39. The van der Waals surface area contributed by atoms with Crippen LogP contribution in [0.3, 0.4) is 0 Å². The van der Waals surface area contributed by atoms with Gasteiger partial charge in [-0.1, -0.05) is 25.0 Å². The molecule has 178 valence electrons. The molecule has 0 saturated carbocycles. The summed E-state index contributed by atoms with van der Waals surface area (Å²) in [5.74, 6) is 1.55. The van der Waals surface area contributed by atoms with Gasteiger partial charge in [-0.25, -0.2) is 4.79 Å². The minimum atomic E-state index is -0.407. The summed E-state index contributed by atoms with van der Waals surface area (Å²) in [5.41, 5.74) is 3.21. The van der Waals surface area contributed by atoms with E-state index in [2.05, 4.69) is 39.8 Å². The Morgan fingerprint density at radius 1 is 1.16 bits per heavy atom. The van der Waals surface area contributed by atoms with E-state index in [9.17, 15) is 4.79 Å². The summed E-state index contributed by atoms with van der Waals surface area (Å²) in [5, 5.41) is 0. The van der Waals surface area contributed by atoms with Crippen LogP contribution >= 0.6 is 0 Å². The number of esters is 1. The van der Waals surface area contributed by atoms with Crippen molar-refractivity contribution in [2.75, 3.05) is 40.1 Å². The molecule has 0 aromatic heterocycles. The fraction of sp³-hybridized carbons (Fsp3) is 0.654. The van der Waals surface area contributed by atoms with Crippen LogP contribution in [0.1, 0.15) is 64.0 Å². The van der Waals surface area contributed by atoms with Gasteiger partial charge in [-0.2, -0.15) is 0 Å². The van der Waals surface area contributed by atoms with Gasteiger partial charge in [0.05, 0.1) is 26.4 Å². The zero-order chi connectivity index (χ0) is 23.1. The number of hydrogen-bond donors (Lipinski definition) is 0. The number of hydrogen-bond acceptors (Lipinski definition) is 6. The van der Waals surface area contributed by atoms with Crippen LogP contribution in [0.4, 0.5) is 0 Å². The molecule has 1 aromatic carbocycles. The number of methoxy groups -OCH3 is 1. The van der Waals surface area contributed by atoms with Crippen molar-refractivity contribution in [2.45, 2.75) is 64.9 Å². The molecule has 1 aromatic rings. The van der Waals surface area contributed by atoms with Crippen LogP contribution in [0.15, 0.2) is 23.8 Å². The smallest absolute Gasteiger partial charge is 0.337 e. The number of fused-ring (bicyclic) bond motifs is 3. The van der Waals surface area contributed by atoms with Gasteiger partial charge < -0.3 is 23.7 Å². The van der Waals surface area contributed by atoms with E-state index in [4.69, 9.17) is 23.7 Å². The van der Waals surface area contributed by atoms with Crippen LogP contribution in [0, 0.1) is 5.92 Å². The number of allylic oxidation sites excluding steroid dienone is 2. The van der Waals surface area contributed by atoms with Crippen molar-refractivity contribution in [1.29, 1.82) is 0 Å². The maximum atomic E-state index is 12.6. The second kappa shape index (κ2) is 11.3. The molecular formula is C26H38O6. The third-order valence-corrected chi connectivity index (χ3v) is 6.30. The first-order chi connectivity index (χ1) is 15.4. The molecule has 1 heterocycles. The fourth-order valence-corrected chi connectivity index (χ4v) is 4.75. The molecule has 0 radical (unpaired) electrons. The van der Waals surface area contributed by atoms with Crippen LogP contribution in [0.2, 0.25) is 0 Å². The molecule has 1 aliphatic heterocycles. The standard InChI is InChI=1S/C26H38O6/c1-6-7-19-15-22(31-24(27)17-30-13-12-29-11-10-28-5)25-20-14-18(2)8-9-21(20)26(3,4)32-23(25)16-19/h14-16,20-21H,6-13,17H2,1-5H3. The minimum Gasteiger partial charge on any atom is -0.487 e. The largest absolute Gasteiger partial charge is 0.487 e. The summed E-state index contributed by atoms with van der Waals surface area (Å²) in [4.78, 5) is 12.6. The molecule has 2 unspecified atom stereocenters. The van der Waals surface area contributed by atoms with Gasteiger partial charge in [-0.05, 0) is 57.7 Å². The number of carbonyl (C=O) groups is 1. The summed E-state index contributed by atoms with van der Waals surface area (Å²) < 4.78 is 28.1. The summed E-state index contributed by atoms with van der Waals surface area (Å²) in [6, 6.07) is 4.13. The lowest BCUT2D eigenvalue weighted by Gasteiger charge is -2.46. The molecule has 0 N–H and O–H groups in total. The van der Waals surface area contributed by atoms with Gasteiger partial charge in [-0.3, -0.25) is 0 Å². The Hall–Kier alpha value is -1.89. The maximum absolute atomic E-state index is 12.6. The topological polar surface area (TPSA) is 63.2 Å². The summed E-state index contributed by atoms with van der Waals surface area (Å²) in [6.45, 7) is 10.3. The molecule has 0 bridgehead atoms. The van der Waals surface area contributed by atoms with E-state index in [1.807, 2.05) is 6.07 Å². The van der Waals surface area contributed by atoms with Crippen molar-refractivity contribution in [3.63, 3.8) is 0 Å². The van der Waals surface area contributed by atoms with Crippen molar-refractivity contribution in [1.82, 2.24) is 0 Å². The molecule has 1 aliphatic carbocycles. The second-order valence-electron chi connectivity index (χ2n) is 9.28. The zero-order valence-electron chi connectivity index (χ0n) is 20.2. The first-order valence-electron chi connectivity index (χ1n) is 11.7. The number of aryl methyl sites for hydroxylation is 1. The van der Waals surface area contributed by atoms with Crippen molar-refractivity contribution < 1.29 is 28.5 Å². The Kier molecular flexibility index (Phi) is 8.74. The SMILES string of the molecule is CCCc1cc(OC(=O)COCCOCCOC)c2c(c1)OC(C)(C)C1CCC(C)=CC21. The lowest BCUT2D eigenvalue weighted by atomic mass is 9.68. The van der Waals surface area contributed by atoms with Crippen molar-refractivity contribution >= 4 is 5.97 Å². The van der Waals surface area contributed by atoms with Gasteiger partial charge in [0, 0.05) is 24.5 Å². The minimum absolute atomic E-state index is 0.115. The Morgan fingerprint density at radius 3 is 2.66 bits per heavy atom. The average molecular weight is 447 g/mol. The molecular weight excluding hydrogens is 408 g/mol. The van der Waals surface area contributed by atoms with Crippen molar-refractivity contribution in [3.05, 3.63) is 34.9 Å². The molecule has 0 fully saturated rings. The van der Waals surface area contributed by atoms with Crippen LogP contribution in [-0.4, -0.2) is 51.7 Å². The summed E-state index contributed by atoms with van der Waals surface area (Å²) >= 11 is 0. The predicted molar refractivity (Wildman–Crippen MR) is 124 cm³/mol. The van der Waals surface area contributed by atoms with E-state index >= 15 is 0 Å². The monoisotopic (exact) mass is 446 g/mol. The normalized spacial score (nSPS) is 21.2. The zero-order valence-corrected chi connectivity index (χ0v) is 20.2. The van der Waals surface area contributed by atoms with E-state index in [0.717, 1.165) is 42.6 Å². The Labute approximate surface area is 192 Å². The van der Waals surface area contributed by atoms with E-state index in [1.165, 1.54) is 5.57 Å². The lowest BCUT2D eigenvalue weighted by Crippen LogP contribution is -2.45. The van der Waals surface area contributed by atoms with E-state index in [0.29, 0.717) is 38.1 Å². The molecule has 0 amide bonds. The molecule has 0 spiro atoms. The van der Waals surface area contributed by atoms with Gasteiger partial charge >= 0.3 is 5.97 Å². The highest BCUT2D eigenvalue weighted by Gasteiger charge is 2.45. The quantitative estimate of drug-likeness (QED) is 0.210.